The van der Waals surface area contributed by atoms with Crippen molar-refractivity contribution in [2.45, 2.75) is 27.2 Å². The van der Waals surface area contributed by atoms with Crippen LogP contribution in [0.15, 0.2) is 0 Å². The first-order valence-electron chi connectivity index (χ1n) is 4.88. The van der Waals surface area contributed by atoms with Crippen molar-refractivity contribution < 1.29 is 14.3 Å². The van der Waals surface area contributed by atoms with Crippen molar-refractivity contribution in [3.63, 3.8) is 0 Å². The van der Waals surface area contributed by atoms with Crippen molar-refractivity contribution in [1.29, 1.82) is 0 Å². The number of hydrogen-bond acceptors (Lipinski definition) is 4. The third-order valence-electron chi connectivity index (χ3n) is 1.69. The summed E-state index contributed by atoms with van der Waals surface area (Å²) in [6.45, 7) is 5.59. The van der Waals surface area contributed by atoms with Crippen LogP contribution in [0.5, 0.6) is 0 Å². The predicted octanol–water partition coefficient (Wildman–Crippen LogP) is 1.90. The van der Waals surface area contributed by atoms with Crippen LogP contribution in [0, 0.1) is 5.92 Å². The maximum absolute atomic E-state index is 11.3. The number of hydrogen-bond donors (Lipinski definition) is 0. The molecule has 0 rings (SSSR count). The summed E-state index contributed by atoms with van der Waals surface area (Å²) >= 11 is 1.62. The van der Waals surface area contributed by atoms with Crippen molar-refractivity contribution in [2.24, 2.45) is 5.92 Å². The lowest BCUT2D eigenvalue weighted by Crippen LogP contribution is -2.26. The van der Waals surface area contributed by atoms with Crippen molar-refractivity contribution in [2.75, 3.05) is 18.1 Å². The standard InChI is InChI=1S/C10H18O3S/c1-4-6-14-7-9(8(3)11)10(12)13-5-2/h9H,4-7H2,1-3H3. The zero-order valence-electron chi connectivity index (χ0n) is 9.04. The molecule has 3 nitrogen and oxygen atoms in total. The minimum Gasteiger partial charge on any atom is -0.465 e. The fourth-order valence-electron chi connectivity index (χ4n) is 0.940. The zero-order valence-corrected chi connectivity index (χ0v) is 9.86. The van der Waals surface area contributed by atoms with Gasteiger partial charge in [0.25, 0.3) is 0 Å². The van der Waals surface area contributed by atoms with Gasteiger partial charge in [-0.3, -0.25) is 9.59 Å². The van der Waals surface area contributed by atoms with Gasteiger partial charge < -0.3 is 4.74 Å². The van der Waals surface area contributed by atoms with E-state index in [0.717, 1.165) is 12.2 Å². The fourth-order valence-corrected chi connectivity index (χ4v) is 2.00. The molecule has 0 aromatic heterocycles. The van der Waals surface area contributed by atoms with E-state index in [-0.39, 0.29) is 11.8 Å². The van der Waals surface area contributed by atoms with Crippen molar-refractivity contribution >= 4 is 23.5 Å². The quantitative estimate of drug-likeness (QED) is 0.372. The van der Waals surface area contributed by atoms with Gasteiger partial charge in [0, 0.05) is 5.75 Å². The molecule has 4 heteroatoms. The number of ketones is 1. The molecule has 0 saturated carbocycles. The SMILES string of the molecule is CCCSCC(C(C)=O)C(=O)OCC. The van der Waals surface area contributed by atoms with Crippen molar-refractivity contribution in [3.05, 3.63) is 0 Å². The molecule has 0 amide bonds. The minimum absolute atomic E-state index is 0.105. The van der Waals surface area contributed by atoms with Gasteiger partial charge in [0.1, 0.15) is 11.7 Å². The Morgan fingerprint density at radius 1 is 1.36 bits per heavy atom. The summed E-state index contributed by atoms with van der Waals surface area (Å²) in [6.07, 6.45) is 1.05. The van der Waals surface area contributed by atoms with E-state index in [0.29, 0.717) is 12.4 Å². The lowest BCUT2D eigenvalue weighted by Gasteiger charge is -2.11. The van der Waals surface area contributed by atoms with Crippen LogP contribution in [0.4, 0.5) is 0 Å². The summed E-state index contributed by atoms with van der Waals surface area (Å²) in [7, 11) is 0. The third-order valence-corrected chi connectivity index (χ3v) is 2.96. The summed E-state index contributed by atoms with van der Waals surface area (Å²) < 4.78 is 4.82. The van der Waals surface area contributed by atoms with Crippen LogP contribution in [0.1, 0.15) is 27.2 Å². The second kappa shape index (κ2) is 7.85. The maximum Gasteiger partial charge on any atom is 0.317 e. The highest BCUT2D eigenvalue weighted by atomic mass is 32.2. The van der Waals surface area contributed by atoms with Gasteiger partial charge in [-0.25, -0.2) is 0 Å². The molecule has 1 unspecified atom stereocenters. The molecule has 0 bridgehead atoms. The number of thioether (sulfide) groups is 1. The highest BCUT2D eigenvalue weighted by molar-refractivity contribution is 7.99. The number of esters is 1. The third kappa shape index (κ3) is 5.27. The van der Waals surface area contributed by atoms with Gasteiger partial charge in [-0.05, 0) is 26.0 Å². The zero-order chi connectivity index (χ0) is 11.0. The molecule has 0 aromatic carbocycles. The Labute approximate surface area is 89.6 Å². The van der Waals surface area contributed by atoms with Crippen LogP contribution in [-0.2, 0) is 14.3 Å². The van der Waals surface area contributed by atoms with Crippen molar-refractivity contribution in [1.82, 2.24) is 0 Å². The van der Waals surface area contributed by atoms with Crippen LogP contribution in [0.3, 0.4) is 0 Å². The molecule has 0 spiro atoms. The molecule has 0 fully saturated rings. The van der Waals surface area contributed by atoms with Crippen molar-refractivity contribution in [3.8, 4) is 0 Å². The number of Topliss-reactive ketones (excluding diaryl/α,β-unsaturated/α-hetero) is 1. The average molecular weight is 218 g/mol. The Hall–Kier alpha value is -0.510. The van der Waals surface area contributed by atoms with E-state index in [1.54, 1.807) is 18.7 Å². The van der Waals surface area contributed by atoms with Gasteiger partial charge in [-0.15, -0.1) is 0 Å². The van der Waals surface area contributed by atoms with Crippen LogP contribution in [-0.4, -0.2) is 29.9 Å². The Bertz CT molecular complexity index is 192. The first kappa shape index (κ1) is 13.5. The molecule has 82 valence electrons. The summed E-state index contributed by atoms with van der Waals surface area (Å²) in [5.74, 6) is 0.452. The summed E-state index contributed by atoms with van der Waals surface area (Å²) in [5.41, 5.74) is 0. The van der Waals surface area contributed by atoms with Gasteiger partial charge in [-0.2, -0.15) is 11.8 Å². The molecule has 0 aliphatic rings. The van der Waals surface area contributed by atoms with Gasteiger partial charge in [-0.1, -0.05) is 6.92 Å². The highest BCUT2D eigenvalue weighted by Gasteiger charge is 2.24. The van der Waals surface area contributed by atoms with Crippen LogP contribution in [0.2, 0.25) is 0 Å². The molecule has 0 saturated heterocycles. The molecule has 0 N–H and O–H groups in total. The van der Waals surface area contributed by atoms with Crippen LogP contribution < -0.4 is 0 Å². The molecule has 0 heterocycles. The molecule has 0 radical (unpaired) electrons. The number of carbonyl (C=O) groups is 2. The number of ether oxygens (including phenoxy) is 1. The second-order valence-electron chi connectivity index (χ2n) is 2.99. The fraction of sp³-hybridized carbons (Fsp3) is 0.800. The first-order valence-corrected chi connectivity index (χ1v) is 6.03. The predicted molar refractivity (Wildman–Crippen MR) is 58.4 cm³/mol. The van der Waals surface area contributed by atoms with Gasteiger partial charge in [0.05, 0.1) is 6.61 Å². The monoisotopic (exact) mass is 218 g/mol. The highest BCUT2D eigenvalue weighted by Crippen LogP contribution is 2.12. The molecule has 0 aliphatic carbocycles. The molecule has 0 aromatic rings. The van der Waals surface area contributed by atoms with E-state index in [1.165, 1.54) is 6.92 Å². The Kier molecular flexibility index (Phi) is 7.57. The summed E-state index contributed by atoms with van der Waals surface area (Å²) in [4.78, 5) is 22.5. The van der Waals surface area contributed by atoms with E-state index in [9.17, 15) is 9.59 Å². The Morgan fingerprint density at radius 2 is 2.00 bits per heavy atom. The van der Waals surface area contributed by atoms with Crippen LogP contribution in [0.25, 0.3) is 0 Å². The van der Waals surface area contributed by atoms with E-state index in [1.807, 2.05) is 0 Å². The second-order valence-corrected chi connectivity index (χ2v) is 4.14. The van der Waals surface area contributed by atoms with Gasteiger partial charge in [0.2, 0.25) is 0 Å². The van der Waals surface area contributed by atoms with E-state index in [4.69, 9.17) is 4.74 Å². The van der Waals surface area contributed by atoms with Gasteiger partial charge in [0.15, 0.2) is 0 Å². The Morgan fingerprint density at radius 3 is 2.43 bits per heavy atom. The first-order chi connectivity index (χ1) is 6.63. The topological polar surface area (TPSA) is 43.4 Å². The normalized spacial score (nSPS) is 12.2. The molecule has 14 heavy (non-hydrogen) atoms. The van der Waals surface area contributed by atoms with E-state index >= 15 is 0 Å². The Balaban J connectivity index is 4.01. The lowest BCUT2D eigenvalue weighted by molar-refractivity contribution is -0.150. The summed E-state index contributed by atoms with van der Waals surface area (Å²) in [6, 6.07) is 0. The smallest absolute Gasteiger partial charge is 0.317 e. The molecular formula is C10H18O3S. The number of rotatable bonds is 7. The maximum atomic E-state index is 11.3. The van der Waals surface area contributed by atoms with E-state index in [2.05, 4.69) is 6.92 Å². The van der Waals surface area contributed by atoms with E-state index < -0.39 is 5.92 Å². The largest absolute Gasteiger partial charge is 0.465 e. The average Bonchev–Trinajstić information content (AvgIpc) is 2.12. The summed E-state index contributed by atoms with van der Waals surface area (Å²) in [5, 5.41) is 0. The lowest BCUT2D eigenvalue weighted by atomic mass is 10.1. The molecule has 0 aliphatic heterocycles. The molecular weight excluding hydrogens is 200 g/mol. The van der Waals surface area contributed by atoms with Crippen LogP contribution >= 0.6 is 11.8 Å². The number of carbonyl (C=O) groups excluding carboxylic acids is 2. The molecule has 1 atom stereocenters. The van der Waals surface area contributed by atoms with Gasteiger partial charge >= 0.3 is 5.97 Å². The minimum atomic E-state index is -0.577.